The van der Waals surface area contributed by atoms with Crippen molar-refractivity contribution in [1.82, 2.24) is 0 Å². The summed E-state index contributed by atoms with van der Waals surface area (Å²) in [6.45, 7) is 10.9. The lowest BCUT2D eigenvalue weighted by molar-refractivity contribution is 0.0444. The van der Waals surface area contributed by atoms with Gasteiger partial charge in [0.1, 0.15) is 0 Å². The van der Waals surface area contributed by atoms with Gasteiger partial charge in [-0.1, -0.05) is 40.7 Å². The molecule has 0 radical (unpaired) electrons. The van der Waals surface area contributed by atoms with Crippen LogP contribution in [0.25, 0.3) is 0 Å². The summed E-state index contributed by atoms with van der Waals surface area (Å²) < 4.78 is 4.62. The van der Waals surface area contributed by atoms with Crippen molar-refractivity contribution in [1.29, 1.82) is 0 Å². The molecule has 0 unspecified atom stereocenters. The van der Waals surface area contributed by atoms with Crippen molar-refractivity contribution in [2.45, 2.75) is 46.5 Å². The smallest absolute Gasteiger partial charge is 0.346 e. The molecule has 0 saturated carbocycles. The largest absolute Gasteiger partial charge is 0.386 e. The normalized spacial score (nSPS) is 15.4. The molecule has 1 heterocycles. The summed E-state index contributed by atoms with van der Waals surface area (Å²) >= 11 is 0. The van der Waals surface area contributed by atoms with Gasteiger partial charge in [-0.3, -0.25) is 0 Å². The van der Waals surface area contributed by atoms with Gasteiger partial charge in [0.2, 0.25) is 0 Å². The van der Waals surface area contributed by atoms with E-state index in [1.807, 2.05) is 6.07 Å². The first kappa shape index (κ1) is 13.8. The average molecular weight is 260 g/mol. The molecule has 0 bridgehead atoms. The summed E-state index contributed by atoms with van der Waals surface area (Å²) in [6.07, 6.45) is 0.988. The molecule has 1 aliphatic heterocycles. The van der Waals surface area contributed by atoms with Crippen LogP contribution < -0.4 is 0 Å². The second-order valence-electron chi connectivity index (χ2n) is 7.06. The number of cyclic esters (lactones) is 2. The number of esters is 2. The lowest BCUT2D eigenvalue weighted by Gasteiger charge is -2.33. The molecule has 3 nitrogen and oxygen atoms in total. The molecule has 1 aromatic carbocycles. The quantitative estimate of drug-likeness (QED) is 0.601. The van der Waals surface area contributed by atoms with E-state index in [2.05, 4.69) is 39.4 Å². The summed E-state index contributed by atoms with van der Waals surface area (Å²) in [5, 5.41) is 0. The number of fused-ring (bicyclic) bond motifs is 1. The number of ether oxygens (including phenoxy) is 1. The first-order chi connectivity index (χ1) is 8.60. The standard InChI is InChI=1S/C16H20O3/c1-15(2,3)9-16(4,5)10-6-7-11-12(8-10)14(18)19-13(11)17/h6-8H,9H2,1-5H3. The van der Waals surface area contributed by atoms with Gasteiger partial charge in [-0.15, -0.1) is 0 Å². The van der Waals surface area contributed by atoms with Gasteiger partial charge in [-0.25, -0.2) is 9.59 Å². The van der Waals surface area contributed by atoms with Crippen molar-refractivity contribution >= 4 is 11.9 Å². The third-order valence-corrected chi connectivity index (χ3v) is 3.40. The zero-order chi connectivity index (χ0) is 14.4. The lowest BCUT2D eigenvalue weighted by Crippen LogP contribution is -2.25. The summed E-state index contributed by atoms with van der Waals surface area (Å²) in [4.78, 5) is 23.0. The number of benzene rings is 1. The molecule has 0 saturated heterocycles. The molecule has 2 rings (SSSR count). The molecule has 0 spiro atoms. The van der Waals surface area contributed by atoms with E-state index in [1.165, 1.54) is 0 Å². The van der Waals surface area contributed by atoms with Gasteiger partial charge < -0.3 is 4.74 Å². The molecule has 19 heavy (non-hydrogen) atoms. The molecular weight excluding hydrogens is 240 g/mol. The van der Waals surface area contributed by atoms with Gasteiger partial charge in [-0.05, 0) is 34.9 Å². The highest BCUT2D eigenvalue weighted by Crippen LogP contribution is 2.37. The van der Waals surface area contributed by atoms with Crippen LogP contribution in [0, 0.1) is 5.41 Å². The van der Waals surface area contributed by atoms with Gasteiger partial charge in [-0.2, -0.15) is 0 Å². The van der Waals surface area contributed by atoms with E-state index < -0.39 is 11.9 Å². The molecule has 0 aromatic heterocycles. The molecule has 0 atom stereocenters. The van der Waals surface area contributed by atoms with E-state index in [4.69, 9.17) is 0 Å². The van der Waals surface area contributed by atoms with E-state index in [0.717, 1.165) is 12.0 Å². The Morgan fingerprint density at radius 3 is 2.11 bits per heavy atom. The maximum absolute atomic E-state index is 11.6. The SMILES string of the molecule is CC(C)(C)CC(C)(C)c1ccc2c(c1)C(=O)OC2=O. The molecule has 0 fully saturated rings. The summed E-state index contributed by atoms with van der Waals surface area (Å²) in [7, 11) is 0. The van der Waals surface area contributed by atoms with Crippen molar-refractivity contribution in [3.05, 3.63) is 34.9 Å². The van der Waals surface area contributed by atoms with E-state index >= 15 is 0 Å². The number of hydrogen-bond acceptors (Lipinski definition) is 3. The fraction of sp³-hybridized carbons (Fsp3) is 0.500. The molecular formula is C16H20O3. The Hall–Kier alpha value is -1.64. The number of hydrogen-bond donors (Lipinski definition) is 0. The Kier molecular flexibility index (Phi) is 3.04. The Labute approximate surface area is 114 Å². The average Bonchev–Trinajstić information content (AvgIpc) is 2.51. The van der Waals surface area contributed by atoms with Crippen molar-refractivity contribution < 1.29 is 14.3 Å². The van der Waals surface area contributed by atoms with Gasteiger partial charge >= 0.3 is 11.9 Å². The van der Waals surface area contributed by atoms with E-state index in [1.54, 1.807) is 12.1 Å². The fourth-order valence-electron chi connectivity index (χ4n) is 2.93. The molecule has 102 valence electrons. The van der Waals surface area contributed by atoms with Crippen LogP contribution in [0.3, 0.4) is 0 Å². The Morgan fingerprint density at radius 1 is 0.947 bits per heavy atom. The lowest BCUT2D eigenvalue weighted by atomic mass is 9.72. The second-order valence-corrected chi connectivity index (χ2v) is 7.06. The highest BCUT2D eigenvalue weighted by Gasteiger charge is 2.33. The van der Waals surface area contributed by atoms with Gasteiger partial charge in [0, 0.05) is 0 Å². The Morgan fingerprint density at radius 2 is 1.53 bits per heavy atom. The molecule has 1 aliphatic rings. The molecule has 0 N–H and O–H groups in total. The van der Waals surface area contributed by atoms with Crippen LogP contribution >= 0.6 is 0 Å². The molecule has 3 heteroatoms. The van der Waals surface area contributed by atoms with Gasteiger partial charge in [0.15, 0.2) is 0 Å². The van der Waals surface area contributed by atoms with Crippen molar-refractivity contribution in [2.24, 2.45) is 5.41 Å². The van der Waals surface area contributed by atoms with Crippen molar-refractivity contribution in [3.8, 4) is 0 Å². The zero-order valence-electron chi connectivity index (χ0n) is 12.2. The minimum atomic E-state index is -0.542. The predicted octanol–water partition coefficient (Wildman–Crippen LogP) is 3.71. The van der Waals surface area contributed by atoms with Crippen LogP contribution in [0.1, 0.15) is 67.3 Å². The van der Waals surface area contributed by atoms with Crippen molar-refractivity contribution in [3.63, 3.8) is 0 Å². The zero-order valence-corrected chi connectivity index (χ0v) is 12.2. The Balaban J connectivity index is 2.40. The minimum Gasteiger partial charge on any atom is -0.386 e. The Bertz CT molecular complexity index is 548. The minimum absolute atomic E-state index is 0.0564. The van der Waals surface area contributed by atoms with Gasteiger partial charge in [0.25, 0.3) is 0 Å². The van der Waals surface area contributed by atoms with Gasteiger partial charge in [0.05, 0.1) is 11.1 Å². The van der Waals surface area contributed by atoms with Crippen LogP contribution in [-0.4, -0.2) is 11.9 Å². The number of carbonyl (C=O) groups is 2. The highest BCUT2D eigenvalue weighted by atomic mass is 16.6. The maximum atomic E-state index is 11.6. The first-order valence-electron chi connectivity index (χ1n) is 6.51. The predicted molar refractivity (Wildman–Crippen MR) is 73.3 cm³/mol. The van der Waals surface area contributed by atoms with Crippen LogP contribution in [0.2, 0.25) is 0 Å². The summed E-state index contributed by atoms with van der Waals surface area (Å²) in [5.74, 6) is -1.08. The third kappa shape index (κ3) is 2.70. The number of rotatable bonds is 2. The van der Waals surface area contributed by atoms with Crippen LogP contribution in [-0.2, 0) is 10.2 Å². The second kappa shape index (κ2) is 4.19. The summed E-state index contributed by atoms with van der Waals surface area (Å²) in [6, 6.07) is 5.42. The monoisotopic (exact) mass is 260 g/mol. The van der Waals surface area contributed by atoms with Crippen molar-refractivity contribution in [2.75, 3.05) is 0 Å². The van der Waals surface area contributed by atoms with Crippen LogP contribution in [0.15, 0.2) is 18.2 Å². The molecule has 1 aromatic rings. The van der Waals surface area contributed by atoms with E-state index in [0.29, 0.717) is 11.1 Å². The molecule has 0 aliphatic carbocycles. The third-order valence-electron chi connectivity index (χ3n) is 3.40. The van der Waals surface area contributed by atoms with Crippen LogP contribution in [0.5, 0.6) is 0 Å². The topological polar surface area (TPSA) is 43.4 Å². The van der Waals surface area contributed by atoms with Crippen LogP contribution in [0.4, 0.5) is 0 Å². The molecule has 0 amide bonds. The van der Waals surface area contributed by atoms with E-state index in [-0.39, 0.29) is 10.8 Å². The number of carbonyl (C=O) groups excluding carboxylic acids is 2. The highest BCUT2D eigenvalue weighted by molar-refractivity contribution is 6.14. The van der Waals surface area contributed by atoms with E-state index in [9.17, 15) is 9.59 Å². The first-order valence-corrected chi connectivity index (χ1v) is 6.51. The maximum Gasteiger partial charge on any atom is 0.346 e. The summed E-state index contributed by atoms with van der Waals surface area (Å²) in [5.41, 5.74) is 1.97. The fourth-order valence-corrected chi connectivity index (χ4v) is 2.93.